The Balaban J connectivity index is 2.32. The molecule has 0 nitrogen and oxygen atoms in total. The van der Waals surface area contributed by atoms with Crippen molar-refractivity contribution in [2.45, 2.75) is 19.3 Å². The highest BCUT2D eigenvalue weighted by Gasteiger charge is 2.28. The van der Waals surface area contributed by atoms with Crippen molar-refractivity contribution < 1.29 is 0 Å². The third kappa shape index (κ3) is 1.52. The van der Waals surface area contributed by atoms with Crippen LogP contribution in [0.15, 0.2) is 54.6 Å². The fourth-order valence-electron chi connectivity index (χ4n) is 1.81. The maximum atomic E-state index is 2.26. The van der Waals surface area contributed by atoms with Gasteiger partial charge in [0.05, 0.1) is 0 Å². The van der Waals surface area contributed by atoms with Crippen LogP contribution in [0.2, 0.25) is 0 Å². The first-order valence-corrected chi connectivity index (χ1v) is 4.99. The summed E-state index contributed by atoms with van der Waals surface area (Å²) in [5.74, 6) is 1.38. The van der Waals surface area contributed by atoms with Crippen LogP contribution in [0.1, 0.15) is 19.4 Å². The fourth-order valence-corrected chi connectivity index (χ4v) is 1.81. The van der Waals surface area contributed by atoms with Crippen molar-refractivity contribution in [3.8, 4) is 0 Å². The van der Waals surface area contributed by atoms with E-state index >= 15 is 0 Å². The molecule has 0 atom stereocenters. The summed E-state index contributed by atoms with van der Waals surface area (Å²) in [6.07, 6.45) is 8.57. The highest BCUT2D eigenvalue weighted by molar-refractivity contribution is 5.45. The smallest absolute Gasteiger partial charge is 0.0293 e. The Labute approximate surface area is 86.0 Å². The van der Waals surface area contributed by atoms with Crippen LogP contribution in [0.5, 0.6) is 0 Å². The third-order valence-electron chi connectivity index (χ3n) is 2.88. The van der Waals surface area contributed by atoms with E-state index in [0.717, 1.165) is 0 Å². The number of rotatable bonds is 2. The van der Waals surface area contributed by atoms with E-state index in [0.29, 0.717) is 0 Å². The molecule has 1 aromatic rings. The number of benzene rings is 1. The molecule has 0 spiro atoms. The molecule has 2 rings (SSSR count). The van der Waals surface area contributed by atoms with Crippen LogP contribution in [0.25, 0.3) is 0 Å². The Morgan fingerprint density at radius 3 is 2.00 bits per heavy atom. The predicted octanol–water partition coefficient (Wildman–Crippen LogP) is 3.66. The van der Waals surface area contributed by atoms with Crippen molar-refractivity contribution in [3.63, 3.8) is 0 Å². The zero-order chi connectivity index (χ0) is 10.0. The average Bonchev–Trinajstić information content (AvgIpc) is 2.72. The molecule has 0 saturated carbocycles. The summed E-state index contributed by atoms with van der Waals surface area (Å²) in [6.45, 7) is 4.52. The largest absolute Gasteiger partial charge is 0.0725 e. The van der Waals surface area contributed by atoms with Gasteiger partial charge >= 0.3 is 0 Å². The van der Waals surface area contributed by atoms with Gasteiger partial charge in [0.1, 0.15) is 0 Å². The molecule has 71 valence electrons. The quantitative estimate of drug-likeness (QED) is 0.656. The zero-order valence-corrected chi connectivity index (χ0v) is 8.70. The van der Waals surface area contributed by atoms with E-state index < -0.39 is 0 Å². The van der Waals surface area contributed by atoms with E-state index in [1.54, 1.807) is 0 Å². The molecule has 0 unspecified atom stereocenters. The standard InChI is InChI=1S/C14H15/c1-14(2,13-10-6-7-11-13)12-8-4-3-5-9-12/h3-11H,1-2H3. The highest BCUT2D eigenvalue weighted by Crippen LogP contribution is 2.36. The molecule has 0 amide bonds. The minimum absolute atomic E-state index is 0.116. The first-order valence-electron chi connectivity index (χ1n) is 4.99. The van der Waals surface area contributed by atoms with Gasteiger partial charge in [0.25, 0.3) is 0 Å². The molecule has 0 fully saturated rings. The summed E-state index contributed by atoms with van der Waals surface area (Å²) in [4.78, 5) is 0. The van der Waals surface area contributed by atoms with Gasteiger partial charge in [-0.2, -0.15) is 0 Å². The molecule has 1 aliphatic rings. The normalized spacial score (nSPS) is 16.4. The summed E-state index contributed by atoms with van der Waals surface area (Å²) in [7, 11) is 0. The van der Waals surface area contributed by atoms with Gasteiger partial charge in [0.2, 0.25) is 0 Å². The molecule has 0 heteroatoms. The fraction of sp³-hybridized carbons (Fsp3) is 0.214. The van der Waals surface area contributed by atoms with Crippen molar-refractivity contribution in [2.24, 2.45) is 0 Å². The Morgan fingerprint density at radius 1 is 0.857 bits per heavy atom. The minimum atomic E-state index is 0.116. The maximum absolute atomic E-state index is 2.26. The van der Waals surface area contributed by atoms with E-state index in [4.69, 9.17) is 0 Å². The third-order valence-corrected chi connectivity index (χ3v) is 2.88. The van der Waals surface area contributed by atoms with Gasteiger partial charge in [-0.15, -0.1) is 0 Å². The summed E-state index contributed by atoms with van der Waals surface area (Å²) in [6, 6.07) is 10.6. The van der Waals surface area contributed by atoms with Crippen molar-refractivity contribution in [1.29, 1.82) is 0 Å². The van der Waals surface area contributed by atoms with Crippen molar-refractivity contribution in [1.82, 2.24) is 0 Å². The van der Waals surface area contributed by atoms with Crippen LogP contribution in [0.3, 0.4) is 0 Å². The molecule has 0 N–H and O–H groups in total. The molecule has 0 heterocycles. The molecule has 0 saturated heterocycles. The SMILES string of the molecule is CC(C)([C]1C=CC=C1)c1ccccc1. The molecule has 14 heavy (non-hydrogen) atoms. The Hall–Kier alpha value is -1.30. The van der Waals surface area contributed by atoms with Gasteiger partial charge in [0.15, 0.2) is 0 Å². The second-order valence-electron chi connectivity index (χ2n) is 4.16. The van der Waals surface area contributed by atoms with Crippen molar-refractivity contribution in [2.75, 3.05) is 0 Å². The second kappa shape index (κ2) is 3.45. The van der Waals surface area contributed by atoms with Crippen LogP contribution in [0, 0.1) is 5.92 Å². The molecule has 0 aromatic heterocycles. The lowest BCUT2D eigenvalue weighted by molar-refractivity contribution is 0.593. The lowest BCUT2D eigenvalue weighted by atomic mass is 9.74. The monoisotopic (exact) mass is 183 g/mol. The van der Waals surface area contributed by atoms with Gasteiger partial charge in [-0.25, -0.2) is 0 Å². The van der Waals surface area contributed by atoms with Gasteiger partial charge in [-0.3, -0.25) is 0 Å². The van der Waals surface area contributed by atoms with Gasteiger partial charge in [-0.05, 0) is 5.56 Å². The van der Waals surface area contributed by atoms with E-state index in [9.17, 15) is 0 Å². The zero-order valence-electron chi connectivity index (χ0n) is 8.70. The summed E-state index contributed by atoms with van der Waals surface area (Å²) < 4.78 is 0. The topological polar surface area (TPSA) is 0 Å². The molecule has 0 aliphatic heterocycles. The Morgan fingerprint density at radius 2 is 1.43 bits per heavy atom. The van der Waals surface area contributed by atoms with Crippen LogP contribution in [-0.4, -0.2) is 0 Å². The van der Waals surface area contributed by atoms with Gasteiger partial charge in [0, 0.05) is 11.3 Å². The average molecular weight is 183 g/mol. The van der Waals surface area contributed by atoms with Crippen molar-refractivity contribution in [3.05, 3.63) is 66.1 Å². The lowest BCUT2D eigenvalue weighted by Crippen LogP contribution is -2.23. The summed E-state index contributed by atoms with van der Waals surface area (Å²) in [5.41, 5.74) is 1.48. The number of allylic oxidation sites excluding steroid dienone is 4. The minimum Gasteiger partial charge on any atom is -0.0725 e. The van der Waals surface area contributed by atoms with E-state index in [2.05, 4.69) is 68.5 Å². The van der Waals surface area contributed by atoms with Crippen LogP contribution in [0.4, 0.5) is 0 Å². The number of hydrogen-bond acceptors (Lipinski definition) is 0. The molecule has 1 aliphatic carbocycles. The summed E-state index contributed by atoms with van der Waals surface area (Å²) >= 11 is 0. The highest BCUT2D eigenvalue weighted by atomic mass is 14.3. The van der Waals surface area contributed by atoms with Gasteiger partial charge in [-0.1, -0.05) is 68.5 Å². The van der Waals surface area contributed by atoms with Crippen LogP contribution < -0.4 is 0 Å². The maximum Gasteiger partial charge on any atom is 0.0293 e. The summed E-state index contributed by atoms with van der Waals surface area (Å²) in [5, 5.41) is 0. The number of hydrogen-bond donors (Lipinski definition) is 0. The van der Waals surface area contributed by atoms with Crippen LogP contribution in [-0.2, 0) is 5.41 Å². The molecule has 0 bridgehead atoms. The first-order chi connectivity index (χ1) is 6.71. The van der Waals surface area contributed by atoms with E-state index in [1.807, 2.05) is 0 Å². The van der Waals surface area contributed by atoms with Crippen LogP contribution >= 0.6 is 0 Å². The van der Waals surface area contributed by atoms with E-state index in [1.165, 1.54) is 11.5 Å². The Kier molecular flexibility index (Phi) is 2.28. The van der Waals surface area contributed by atoms with E-state index in [-0.39, 0.29) is 5.41 Å². The second-order valence-corrected chi connectivity index (χ2v) is 4.16. The predicted molar refractivity (Wildman–Crippen MR) is 61.0 cm³/mol. The lowest BCUT2D eigenvalue weighted by Gasteiger charge is -2.29. The molecular weight excluding hydrogens is 168 g/mol. The first kappa shape index (κ1) is 9.26. The molecular formula is C14H15. The van der Waals surface area contributed by atoms with Crippen molar-refractivity contribution >= 4 is 0 Å². The Bertz CT molecular complexity index is 343. The molecule has 1 radical (unpaired) electrons. The van der Waals surface area contributed by atoms with Gasteiger partial charge < -0.3 is 0 Å². The molecule has 1 aromatic carbocycles.